The standard InChI is InChI=1S/C23H27N3OS/c1-15-5-6-19(18(4)11-15)14-22(27)25-7-9-26(10-8-25)23-24-20-12-16(2)17(3)13-21(20)28-23/h5-6,11-13H,7-10,14H2,1-4H3. The molecule has 0 saturated carbocycles. The Labute approximate surface area is 170 Å². The van der Waals surface area contributed by atoms with Crippen LogP contribution in [0.1, 0.15) is 27.8 Å². The zero-order chi connectivity index (χ0) is 19.8. The molecule has 3 aromatic rings. The Balaban J connectivity index is 1.41. The Morgan fingerprint density at radius 2 is 1.68 bits per heavy atom. The lowest BCUT2D eigenvalue weighted by Crippen LogP contribution is -2.49. The molecule has 0 aliphatic carbocycles. The number of piperazine rings is 1. The number of amides is 1. The Morgan fingerprint density at radius 3 is 2.39 bits per heavy atom. The van der Waals surface area contributed by atoms with Crippen molar-refractivity contribution in [1.29, 1.82) is 0 Å². The van der Waals surface area contributed by atoms with E-state index in [4.69, 9.17) is 4.98 Å². The minimum atomic E-state index is 0.224. The number of nitrogens with zero attached hydrogens (tertiary/aromatic N) is 3. The van der Waals surface area contributed by atoms with Crippen molar-refractivity contribution in [2.45, 2.75) is 34.1 Å². The van der Waals surface area contributed by atoms with Gasteiger partial charge >= 0.3 is 0 Å². The molecule has 5 heteroatoms. The molecular weight excluding hydrogens is 366 g/mol. The van der Waals surface area contributed by atoms with Crippen LogP contribution in [0.25, 0.3) is 10.2 Å². The second-order valence-electron chi connectivity index (χ2n) is 7.88. The number of carbonyl (C=O) groups excluding carboxylic acids is 1. The highest BCUT2D eigenvalue weighted by Crippen LogP contribution is 2.31. The average molecular weight is 394 g/mol. The maximum atomic E-state index is 12.8. The molecule has 1 aromatic heterocycles. The Morgan fingerprint density at radius 1 is 0.964 bits per heavy atom. The highest BCUT2D eigenvalue weighted by molar-refractivity contribution is 7.22. The van der Waals surface area contributed by atoms with Gasteiger partial charge < -0.3 is 9.80 Å². The van der Waals surface area contributed by atoms with Crippen LogP contribution in [0.4, 0.5) is 5.13 Å². The van der Waals surface area contributed by atoms with E-state index in [1.165, 1.54) is 27.0 Å². The minimum Gasteiger partial charge on any atom is -0.345 e. The molecule has 4 nitrogen and oxygen atoms in total. The van der Waals surface area contributed by atoms with Crippen LogP contribution in [0, 0.1) is 27.7 Å². The van der Waals surface area contributed by atoms with Crippen LogP contribution in [0.15, 0.2) is 30.3 Å². The van der Waals surface area contributed by atoms with Crippen molar-refractivity contribution in [3.8, 4) is 0 Å². The van der Waals surface area contributed by atoms with Gasteiger partial charge in [0.05, 0.1) is 16.6 Å². The third kappa shape index (κ3) is 3.76. The second-order valence-corrected chi connectivity index (χ2v) is 8.88. The summed E-state index contributed by atoms with van der Waals surface area (Å²) in [6.45, 7) is 11.7. The number of hydrogen-bond donors (Lipinski definition) is 0. The lowest BCUT2D eigenvalue weighted by molar-refractivity contribution is -0.130. The van der Waals surface area contributed by atoms with E-state index in [0.29, 0.717) is 6.42 Å². The molecule has 146 valence electrons. The Hall–Kier alpha value is -2.40. The molecule has 0 unspecified atom stereocenters. The summed E-state index contributed by atoms with van der Waals surface area (Å²) in [6, 6.07) is 10.7. The number of rotatable bonds is 3. The molecule has 0 atom stereocenters. The monoisotopic (exact) mass is 393 g/mol. The van der Waals surface area contributed by atoms with E-state index in [-0.39, 0.29) is 5.91 Å². The largest absolute Gasteiger partial charge is 0.345 e. The summed E-state index contributed by atoms with van der Waals surface area (Å²) in [6.07, 6.45) is 0.492. The predicted octanol–water partition coefficient (Wildman–Crippen LogP) is 4.42. The molecule has 1 aliphatic heterocycles. The number of aromatic nitrogens is 1. The van der Waals surface area contributed by atoms with Gasteiger partial charge in [-0.3, -0.25) is 4.79 Å². The van der Waals surface area contributed by atoms with Gasteiger partial charge in [-0.15, -0.1) is 0 Å². The molecule has 1 saturated heterocycles. The number of anilines is 1. The fourth-order valence-electron chi connectivity index (χ4n) is 3.77. The minimum absolute atomic E-state index is 0.224. The number of hydrogen-bond acceptors (Lipinski definition) is 4. The number of thiazole rings is 1. The molecule has 1 amide bonds. The van der Waals surface area contributed by atoms with Crippen molar-refractivity contribution >= 4 is 32.6 Å². The summed E-state index contributed by atoms with van der Waals surface area (Å²) in [4.78, 5) is 21.9. The fraction of sp³-hybridized carbons (Fsp3) is 0.391. The van der Waals surface area contributed by atoms with Gasteiger partial charge in [0, 0.05) is 26.2 Å². The second kappa shape index (κ2) is 7.55. The normalized spacial score (nSPS) is 14.7. The summed E-state index contributed by atoms with van der Waals surface area (Å²) in [5.74, 6) is 0.224. The molecule has 0 bridgehead atoms. The molecule has 2 heterocycles. The third-order valence-corrected chi connectivity index (χ3v) is 6.81. The molecule has 4 rings (SSSR count). The number of fused-ring (bicyclic) bond motifs is 1. The van der Waals surface area contributed by atoms with Gasteiger partial charge in [0.1, 0.15) is 0 Å². The quantitative estimate of drug-likeness (QED) is 0.661. The summed E-state index contributed by atoms with van der Waals surface area (Å²) in [5, 5.41) is 1.07. The molecule has 1 fully saturated rings. The maximum Gasteiger partial charge on any atom is 0.227 e. The van der Waals surface area contributed by atoms with Gasteiger partial charge in [0.15, 0.2) is 5.13 Å². The SMILES string of the molecule is Cc1ccc(CC(=O)N2CCN(c3nc4cc(C)c(C)cc4s3)CC2)c(C)c1. The number of carbonyl (C=O) groups is 1. The third-order valence-electron chi connectivity index (χ3n) is 5.74. The van der Waals surface area contributed by atoms with E-state index >= 15 is 0 Å². The summed E-state index contributed by atoms with van der Waals surface area (Å²) >= 11 is 1.75. The molecule has 28 heavy (non-hydrogen) atoms. The van der Waals surface area contributed by atoms with Crippen LogP contribution in [-0.2, 0) is 11.2 Å². The van der Waals surface area contributed by atoms with Crippen LogP contribution in [0.3, 0.4) is 0 Å². The molecule has 0 spiro atoms. The average Bonchev–Trinajstić information content (AvgIpc) is 3.07. The van der Waals surface area contributed by atoms with Gasteiger partial charge in [-0.05, 0) is 62.1 Å². The molecular formula is C23H27N3OS. The van der Waals surface area contributed by atoms with E-state index in [9.17, 15) is 4.79 Å². The van der Waals surface area contributed by atoms with Crippen LogP contribution in [0.5, 0.6) is 0 Å². The van der Waals surface area contributed by atoms with Crippen LogP contribution >= 0.6 is 11.3 Å². The first-order valence-electron chi connectivity index (χ1n) is 9.87. The smallest absolute Gasteiger partial charge is 0.227 e. The molecule has 0 N–H and O–H groups in total. The van der Waals surface area contributed by atoms with Crippen LogP contribution in [0.2, 0.25) is 0 Å². The first-order valence-corrected chi connectivity index (χ1v) is 10.7. The molecule has 0 radical (unpaired) electrons. The first-order chi connectivity index (χ1) is 13.4. The van der Waals surface area contributed by atoms with Crippen LogP contribution < -0.4 is 4.90 Å². The zero-order valence-corrected chi connectivity index (χ0v) is 17.9. The molecule has 2 aromatic carbocycles. The zero-order valence-electron chi connectivity index (χ0n) is 17.1. The van der Waals surface area contributed by atoms with Crippen molar-refractivity contribution in [1.82, 2.24) is 9.88 Å². The summed E-state index contributed by atoms with van der Waals surface area (Å²) in [5.41, 5.74) is 7.25. The predicted molar refractivity (Wildman–Crippen MR) is 118 cm³/mol. The lowest BCUT2D eigenvalue weighted by Gasteiger charge is -2.34. The Kier molecular flexibility index (Phi) is 5.11. The first kappa shape index (κ1) is 18.9. The topological polar surface area (TPSA) is 36.4 Å². The van der Waals surface area contributed by atoms with Crippen molar-refractivity contribution < 1.29 is 4.79 Å². The van der Waals surface area contributed by atoms with Gasteiger partial charge in [0.2, 0.25) is 5.91 Å². The van der Waals surface area contributed by atoms with Crippen molar-refractivity contribution in [3.05, 3.63) is 58.1 Å². The fourth-order valence-corrected chi connectivity index (χ4v) is 4.87. The van der Waals surface area contributed by atoms with E-state index in [1.54, 1.807) is 11.3 Å². The van der Waals surface area contributed by atoms with E-state index < -0.39 is 0 Å². The lowest BCUT2D eigenvalue weighted by atomic mass is 10.0. The van der Waals surface area contributed by atoms with E-state index in [0.717, 1.165) is 42.4 Å². The highest BCUT2D eigenvalue weighted by Gasteiger charge is 2.23. The number of benzene rings is 2. The van der Waals surface area contributed by atoms with Gasteiger partial charge in [-0.1, -0.05) is 35.1 Å². The van der Waals surface area contributed by atoms with E-state index in [1.807, 2.05) is 4.90 Å². The van der Waals surface area contributed by atoms with Gasteiger partial charge in [-0.2, -0.15) is 0 Å². The van der Waals surface area contributed by atoms with Gasteiger partial charge in [-0.25, -0.2) is 4.98 Å². The highest BCUT2D eigenvalue weighted by atomic mass is 32.1. The maximum absolute atomic E-state index is 12.8. The van der Waals surface area contributed by atoms with E-state index in [2.05, 4.69) is 62.9 Å². The summed E-state index contributed by atoms with van der Waals surface area (Å²) < 4.78 is 1.24. The Bertz CT molecular complexity index is 993. The number of aryl methyl sites for hydroxylation is 4. The van der Waals surface area contributed by atoms with Gasteiger partial charge in [0.25, 0.3) is 0 Å². The van der Waals surface area contributed by atoms with Crippen molar-refractivity contribution in [2.24, 2.45) is 0 Å². The van der Waals surface area contributed by atoms with Crippen molar-refractivity contribution in [2.75, 3.05) is 31.1 Å². The summed E-state index contributed by atoms with van der Waals surface area (Å²) in [7, 11) is 0. The molecule has 1 aliphatic rings. The van der Waals surface area contributed by atoms with Crippen molar-refractivity contribution in [3.63, 3.8) is 0 Å². The van der Waals surface area contributed by atoms with Crippen LogP contribution in [-0.4, -0.2) is 42.0 Å².